The van der Waals surface area contributed by atoms with Gasteiger partial charge in [0.1, 0.15) is 0 Å². The lowest BCUT2D eigenvalue weighted by Gasteiger charge is -2.26. The zero-order chi connectivity index (χ0) is 14.8. The number of ether oxygens (including phenoxy) is 1. The number of nitrogens with one attached hydrogen (secondary N) is 2. The molecule has 1 unspecified atom stereocenters. The molecular weight excluding hydrogens is 268 g/mol. The molecule has 1 atom stereocenters. The second kappa shape index (κ2) is 5.76. The van der Waals surface area contributed by atoms with Crippen LogP contribution in [0.2, 0.25) is 0 Å². The van der Waals surface area contributed by atoms with E-state index >= 15 is 0 Å². The van der Waals surface area contributed by atoms with Gasteiger partial charge in [-0.25, -0.2) is 0 Å². The molecule has 3 rings (SSSR count). The third-order valence-electron chi connectivity index (χ3n) is 4.12. The number of carbonyl (C=O) groups excluding carboxylic acids is 2. The third kappa shape index (κ3) is 2.86. The van der Waals surface area contributed by atoms with Gasteiger partial charge in [-0.05, 0) is 31.9 Å². The van der Waals surface area contributed by atoms with Crippen molar-refractivity contribution in [3.05, 3.63) is 23.8 Å². The van der Waals surface area contributed by atoms with Crippen LogP contribution in [0.4, 0.5) is 5.69 Å². The highest BCUT2D eigenvalue weighted by Gasteiger charge is 2.28. The van der Waals surface area contributed by atoms with Crippen LogP contribution in [-0.2, 0) is 4.79 Å². The van der Waals surface area contributed by atoms with Gasteiger partial charge in [0.15, 0.2) is 11.9 Å². The Morgan fingerprint density at radius 3 is 2.81 bits per heavy atom. The number of anilines is 1. The molecule has 5 heteroatoms. The Hall–Kier alpha value is -2.04. The third-order valence-corrected chi connectivity index (χ3v) is 4.12. The molecule has 0 aromatic heterocycles. The Labute approximate surface area is 124 Å². The smallest absolute Gasteiger partial charge is 0.265 e. The number of para-hydroxylation sites is 1. The van der Waals surface area contributed by atoms with Crippen LogP contribution in [-0.4, -0.2) is 24.0 Å². The molecule has 21 heavy (non-hydrogen) atoms. The topological polar surface area (TPSA) is 67.4 Å². The molecule has 2 aliphatic rings. The Morgan fingerprint density at radius 2 is 2.05 bits per heavy atom. The highest BCUT2D eigenvalue weighted by atomic mass is 16.5. The highest BCUT2D eigenvalue weighted by Crippen LogP contribution is 2.33. The van der Waals surface area contributed by atoms with Crippen molar-refractivity contribution in [2.45, 2.75) is 51.2 Å². The number of carbonyl (C=O) groups is 2. The maximum absolute atomic E-state index is 12.5. The molecule has 1 aromatic carbocycles. The fraction of sp³-hybridized carbons (Fsp3) is 0.500. The van der Waals surface area contributed by atoms with Gasteiger partial charge in [0.25, 0.3) is 11.8 Å². The zero-order valence-electron chi connectivity index (χ0n) is 12.1. The standard InChI is InChI=1S/C16H20N2O3/c1-10-15(19)18-13-9-5-8-12(14(13)21-10)16(20)17-11-6-3-2-4-7-11/h5,8-11H,2-4,6-7H2,1H3,(H,17,20)(H,18,19). The van der Waals surface area contributed by atoms with E-state index in [1.807, 2.05) is 0 Å². The average molecular weight is 288 g/mol. The SMILES string of the molecule is CC1Oc2c(cccc2C(=O)NC2CCCCC2)NC1=O. The Morgan fingerprint density at radius 1 is 1.29 bits per heavy atom. The first-order valence-corrected chi connectivity index (χ1v) is 7.56. The first kappa shape index (κ1) is 13.9. The Bertz CT molecular complexity index is 565. The van der Waals surface area contributed by atoms with Gasteiger partial charge in [-0.2, -0.15) is 0 Å². The van der Waals surface area contributed by atoms with E-state index in [2.05, 4.69) is 10.6 Å². The van der Waals surface area contributed by atoms with Crippen LogP contribution in [0, 0.1) is 0 Å². The van der Waals surface area contributed by atoms with E-state index in [-0.39, 0.29) is 17.9 Å². The van der Waals surface area contributed by atoms with Crippen molar-refractivity contribution in [3.63, 3.8) is 0 Å². The summed E-state index contributed by atoms with van der Waals surface area (Å²) >= 11 is 0. The van der Waals surface area contributed by atoms with E-state index in [0.717, 1.165) is 12.8 Å². The molecule has 1 aromatic rings. The van der Waals surface area contributed by atoms with Gasteiger partial charge < -0.3 is 15.4 Å². The summed E-state index contributed by atoms with van der Waals surface area (Å²) in [6, 6.07) is 5.49. The Balaban J connectivity index is 1.80. The van der Waals surface area contributed by atoms with Crippen LogP contribution < -0.4 is 15.4 Å². The van der Waals surface area contributed by atoms with E-state index in [0.29, 0.717) is 17.0 Å². The number of hydrogen-bond donors (Lipinski definition) is 2. The van der Waals surface area contributed by atoms with Crippen molar-refractivity contribution in [3.8, 4) is 5.75 Å². The van der Waals surface area contributed by atoms with Crippen LogP contribution in [0.3, 0.4) is 0 Å². The molecule has 1 fully saturated rings. The van der Waals surface area contributed by atoms with Crippen LogP contribution in [0.25, 0.3) is 0 Å². The van der Waals surface area contributed by atoms with E-state index < -0.39 is 6.10 Å². The summed E-state index contributed by atoms with van der Waals surface area (Å²) in [5, 5.41) is 5.84. The van der Waals surface area contributed by atoms with Crippen molar-refractivity contribution in [1.29, 1.82) is 0 Å². The van der Waals surface area contributed by atoms with Gasteiger partial charge in [0.2, 0.25) is 0 Å². The molecule has 0 bridgehead atoms. The van der Waals surface area contributed by atoms with Gasteiger partial charge in [-0.3, -0.25) is 9.59 Å². The fourth-order valence-electron chi connectivity index (χ4n) is 2.92. The molecular formula is C16H20N2O3. The summed E-state index contributed by atoms with van der Waals surface area (Å²) < 4.78 is 5.61. The molecule has 2 amide bonds. The number of hydrogen-bond acceptors (Lipinski definition) is 3. The van der Waals surface area contributed by atoms with E-state index in [4.69, 9.17) is 4.74 Å². The number of amides is 2. The quantitative estimate of drug-likeness (QED) is 0.878. The summed E-state index contributed by atoms with van der Waals surface area (Å²) in [7, 11) is 0. The predicted molar refractivity (Wildman–Crippen MR) is 79.5 cm³/mol. The lowest BCUT2D eigenvalue weighted by atomic mass is 9.95. The lowest BCUT2D eigenvalue weighted by molar-refractivity contribution is -0.122. The normalized spacial score (nSPS) is 22.0. The molecule has 1 aliphatic carbocycles. The number of benzene rings is 1. The lowest BCUT2D eigenvalue weighted by Crippen LogP contribution is -2.38. The summed E-state index contributed by atoms with van der Waals surface area (Å²) in [6.45, 7) is 1.67. The first-order chi connectivity index (χ1) is 10.1. The van der Waals surface area contributed by atoms with Crippen LogP contribution in [0.5, 0.6) is 5.75 Å². The van der Waals surface area contributed by atoms with Crippen LogP contribution in [0.1, 0.15) is 49.4 Å². The summed E-state index contributed by atoms with van der Waals surface area (Å²) in [5.41, 5.74) is 1.05. The van der Waals surface area contributed by atoms with Crippen LogP contribution >= 0.6 is 0 Å². The van der Waals surface area contributed by atoms with Gasteiger partial charge in [-0.1, -0.05) is 25.3 Å². The molecule has 5 nitrogen and oxygen atoms in total. The van der Waals surface area contributed by atoms with Crippen molar-refractivity contribution in [2.24, 2.45) is 0 Å². The zero-order valence-corrected chi connectivity index (χ0v) is 12.1. The maximum Gasteiger partial charge on any atom is 0.265 e. The van der Waals surface area contributed by atoms with E-state index in [1.165, 1.54) is 19.3 Å². The first-order valence-electron chi connectivity index (χ1n) is 7.56. The van der Waals surface area contributed by atoms with Crippen LogP contribution in [0.15, 0.2) is 18.2 Å². The van der Waals surface area contributed by atoms with Gasteiger partial charge >= 0.3 is 0 Å². The van der Waals surface area contributed by atoms with Crippen molar-refractivity contribution in [2.75, 3.05) is 5.32 Å². The molecule has 1 aliphatic heterocycles. The minimum atomic E-state index is -0.582. The monoisotopic (exact) mass is 288 g/mol. The van der Waals surface area contributed by atoms with Gasteiger partial charge in [0, 0.05) is 6.04 Å². The maximum atomic E-state index is 12.5. The minimum Gasteiger partial charge on any atom is -0.478 e. The second-order valence-corrected chi connectivity index (χ2v) is 5.74. The molecule has 112 valence electrons. The molecule has 2 N–H and O–H groups in total. The molecule has 1 saturated carbocycles. The number of fused-ring (bicyclic) bond motifs is 1. The molecule has 0 saturated heterocycles. The summed E-state index contributed by atoms with van der Waals surface area (Å²) in [4.78, 5) is 24.1. The van der Waals surface area contributed by atoms with E-state index in [9.17, 15) is 9.59 Å². The van der Waals surface area contributed by atoms with E-state index in [1.54, 1.807) is 25.1 Å². The fourth-order valence-corrected chi connectivity index (χ4v) is 2.92. The van der Waals surface area contributed by atoms with Gasteiger partial charge in [-0.15, -0.1) is 0 Å². The highest BCUT2D eigenvalue weighted by molar-refractivity contribution is 6.04. The predicted octanol–water partition coefficient (Wildman–Crippen LogP) is 2.47. The van der Waals surface area contributed by atoms with Gasteiger partial charge in [0.05, 0.1) is 11.3 Å². The average Bonchev–Trinajstić information content (AvgIpc) is 2.49. The number of rotatable bonds is 2. The molecule has 1 heterocycles. The minimum absolute atomic E-state index is 0.123. The largest absolute Gasteiger partial charge is 0.478 e. The van der Waals surface area contributed by atoms with Crippen molar-refractivity contribution >= 4 is 17.5 Å². The summed E-state index contributed by atoms with van der Waals surface area (Å²) in [6.07, 6.45) is 5.08. The van der Waals surface area contributed by atoms with Crippen molar-refractivity contribution in [1.82, 2.24) is 5.32 Å². The molecule has 0 radical (unpaired) electrons. The van der Waals surface area contributed by atoms with Crippen molar-refractivity contribution < 1.29 is 14.3 Å². The summed E-state index contributed by atoms with van der Waals surface area (Å²) in [5.74, 6) is 0.160. The second-order valence-electron chi connectivity index (χ2n) is 5.74. The Kier molecular flexibility index (Phi) is 3.82. The molecule has 0 spiro atoms.